The number of hydrogen-bond acceptors (Lipinski definition) is 3. The predicted octanol–water partition coefficient (Wildman–Crippen LogP) is 4.55. The van der Waals surface area contributed by atoms with E-state index >= 15 is 0 Å². The van der Waals surface area contributed by atoms with Crippen molar-refractivity contribution in [3.63, 3.8) is 0 Å². The Balaban J connectivity index is 0.000000116. The molecule has 3 aromatic carbocycles. The molecule has 3 heteroatoms. The number of fused-ring (bicyclic) bond motifs is 3. The minimum absolute atomic E-state index is 0.617. The summed E-state index contributed by atoms with van der Waals surface area (Å²) in [4.78, 5) is 4.14. The molecular weight excluding hydrogens is 252 g/mol. The van der Waals surface area contributed by atoms with Crippen molar-refractivity contribution in [1.29, 1.82) is 0 Å². The first-order chi connectivity index (χ1) is 9.29. The second-order valence-electron chi connectivity index (χ2n) is 4.64. The zero-order valence-electron chi connectivity index (χ0n) is 10.9. The fourth-order valence-electron chi connectivity index (χ4n) is 2.31. The number of anilines is 1. The summed E-state index contributed by atoms with van der Waals surface area (Å²) in [7, 11) is 0. The van der Waals surface area contributed by atoms with Crippen molar-refractivity contribution >= 4 is 38.0 Å². The van der Waals surface area contributed by atoms with E-state index in [0.29, 0.717) is 5.82 Å². The highest BCUT2D eigenvalue weighted by Crippen LogP contribution is 2.42. The van der Waals surface area contributed by atoms with Crippen molar-refractivity contribution in [2.45, 2.75) is 19.8 Å². The van der Waals surface area contributed by atoms with E-state index in [1.54, 1.807) is 6.07 Å². The summed E-state index contributed by atoms with van der Waals surface area (Å²) in [5, 5.41) is 6.65. The summed E-state index contributed by atoms with van der Waals surface area (Å²) in [6.07, 6.45) is 2.14. The van der Waals surface area contributed by atoms with Gasteiger partial charge in [-0.1, -0.05) is 37.6 Å². The van der Waals surface area contributed by atoms with Crippen LogP contribution in [0.15, 0.2) is 41.8 Å². The molecule has 3 heterocycles. The maximum absolute atomic E-state index is 5.48. The van der Waals surface area contributed by atoms with Crippen LogP contribution in [0.3, 0.4) is 0 Å². The van der Waals surface area contributed by atoms with Crippen molar-refractivity contribution in [1.82, 2.24) is 4.98 Å². The number of aromatic nitrogens is 1. The van der Waals surface area contributed by atoms with Gasteiger partial charge in [0.2, 0.25) is 0 Å². The zero-order chi connectivity index (χ0) is 13.2. The summed E-state index contributed by atoms with van der Waals surface area (Å²) in [5.41, 5.74) is 6.56. The molecule has 6 aromatic rings. The van der Waals surface area contributed by atoms with Crippen LogP contribution < -0.4 is 5.73 Å². The van der Waals surface area contributed by atoms with Gasteiger partial charge in [0.1, 0.15) is 5.82 Å². The molecule has 3 aromatic heterocycles. The molecule has 0 aliphatic carbocycles. The Hall–Kier alpha value is -1.87. The first-order valence-corrected chi connectivity index (χ1v) is 7.39. The molecule has 0 atom stereocenters. The summed E-state index contributed by atoms with van der Waals surface area (Å²) in [6, 6.07) is 12.2. The molecule has 4 bridgehead atoms. The van der Waals surface area contributed by atoms with Crippen LogP contribution in [0.5, 0.6) is 0 Å². The molecule has 2 nitrogen and oxygen atoms in total. The third kappa shape index (κ3) is 2.22. The first kappa shape index (κ1) is 12.2. The van der Waals surface area contributed by atoms with Gasteiger partial charge in [0.15, 0.2) is 0 Å². The average Bonchev–Trinajstić information content (AvgIpc) is 3.04. The fraction of sp³-hybridized carbons (Fsp3) is 0.188. The highest BCUT2D eigenvalue weighted by Gasteiger charge is 2.11. The van der Waals surface area contributed by atoms with Crippen LogP contribution in [0.2, 0.25) is 0 Å². The van der Waals surface area contributed by atoms with Crippen molar-refractivity contribution in [2.75, 3.05) is 5.73 Å². The number of aryl methyl sites for hydroxylation is 1. The lowest BCUT2D eigenvalue weighted by Gasteiger charge is -2.01. The smallest absolute Gasteiger partial charge is 0.123 e. The van der Waals surface area contributed by atoms with E-state index in [-0.39, 0.29) is 0 Å². The van der Waals surface area contributed by atoms with Crippen molar-refractivity contribution in [2.24, 2.45) is 0 Å². The van der Waals surface area contributed by atoms with Crippen LogP contribution in [-0.4, -0.2) is 4.98 Å². The van der Waals surface area contributed by atoms with E-state index in [4.69, 9.17) is 5.73 Å². The maximum atomic E-state index is 5.48. The zero-order valence-corrected chi connectivity index (χ0v) is 11.7. The van der Waals surface area contributed by atoms with Gasteiger partial charge in [-0.25, -0.2) is 4.98 Å². The first-order valence-electron chi connectivity index (χ1n) is 6.51. The largest absolute Gasteiger partial charge is 0.384 e. The van der Waals surface area contributed by atoms with Gasteiger partial charge in [0.05, 0.1) is 0 Å². The number of rotatable bonds is 2. The highest BCUT2D eigenvalue weighted by atomic mass is 32.1. The number of benzene rings is 2. The molecule has 0 aliphatic rings. The summed E-state index contributed by atoms with van der Waals surface area (Å²) in [5.74, 6) is 0.617. The molecule has 0 aliphatic heterocycles. The molecule has 96 valence electrons. The molecule has 2 N–H and O–H groups in total. The van der Waals surface area contributed by atoms with Crippen LogP contribution in [0, 0.1) is 0 Å². The van der Waals surface area contributed by atoms with Crippen LogP contribution >= 0.6 is 11.3 Å². The third-order valence-corrected chi connectivity index (χ3v) is 4.25. The molecule has 6 rings (SSSR count). The van der Waals surface area contributed by atoms with E-state index in [0.717, 1.165) is 18.5 Å². The predicted molar refractivity (Wildman–Crippen MR) is 84.3 cm³/mol. The molecule has 19 heavy (non-hydrogen) atoms. The molecule has 0 radical (unpaired) electrons. The Morgan fingerprint density at radius 1 is 1.05 bits per heavy atom. The Kier molecular flexibility index (Phi) is 3.22. The average molecular weight is 268 g/mol. The fourth-order valence-corrected chi connectivity index (χ4v) is 3.41. The molecule has 0 saturated carbocycles. The monoisotopic (exact) mass is 268 g/mol. The van der Waals surface area contributed by atoms with E-state index in [9.17, 15) is 0 Å². The number of nitrogens with two attached hydrogens (primary N) is 1. The Bertz CT molecular complexity index is 691. The van der Waals surface area contributed by atoms with E-state index in [2.05, 4.69) is 35.5 Å². The minimum atomic E-state index is 0.617. The van der Waals surface area contributed by atoms with Gasteiger partial charge in [0, 0.05) is 26.6 Å². The van der Waals surface area contributed by atoms with Crippen LogP contribution in [0.25, 0.3) is 20.9 Å². The lowest BCUT2D eigenvalue weighted by molar-refractivity contribution is 0.885. The van der Waals surface area contributed by atoms with Gasteiger partial charge < -0.3 is 5.73 Å². The van der Waals surface area contributed by atoms with Gasteiger partial charge in [-0.3, -0.25) is 0 Å². The molecule has 0 fully saturated rings. The van der Waals surface area contributed by atoms with Crippen molar-refractivity contribution < 1.29 is 0 Å². The van der Waals surface area contributed by atoms with Crippen LogP contribution in [0.1, 0.15) is 19.0 Å². The Morgan fingerprint density at radius 3 is 2.32 bits per heavy atom. The Labute approximate surface area is 116 Å². The lowest BCUT2D eigenvalue weighted by Crippen LogP contribution is -1.93. The van der Waals surface area contributed by atoms with Gasteiger partial charge >= 0.3 is 0 Å². The number of thiophene rings is 2. The topological polar surface area (TPSA) is 38.9 Å². The van der Waals surface area contributed by atoms with Crippen LogP contribution in [0.4, 0.5) is 5.82 Å². The lowest BCUT2D eigenvalue weighted by atomic mass is 10.0. The van der Waals surface area contributed by atoms with Crippen molar-refractivity contribution in [3.05, 3.63) is 47.5 Å². The second kappa shape index (κ2) is 5.02. The molecule has 0 amide bonds. The second-order valence-corrected chi connectivity index (χ2v) is 5.52. The van der Waals surface area contributed by atoms with Crippen molar-refractivity contribution in [3.8, 4) is 0 Å². The summed E-state index contributed by atoms with van der Waals surface area (Å²) < 4.78 is 1.49. The van der Waals surface area contributed by atoms with Gasteiger partial charge in [-0.15, -0.1) is 11.3 Å². The molecule has 0 saturated heterocycles. The quantitative estimate of drug-likeness (QED) is 0.579. The summed E-state index contributed by atoms with van der Waals surface area (Å²) in [6.45, 7) is 2.13. The van der Waals surface area contributed by atoms with E-state index in [1.807, 2.05) is 23.5 Å². The van der Waals surface area contributed by atoms with Gasteiger partial charge in [-0.05, 0) is 23.9 Å². The number of nitrogen functional groups attached to an aromatic ring is 1. The minimum Gasteiger partial charge on any atom is -0.384 e. The van der Waals surface area contributed by atoms with E-state index in [1.165, 1.54) is 20.9 Å². The standard InChI is InChI=1S/C8H12N2.C8H4S/c1-2-4-7-5-3-6-8(9)10-7;1-2-5-7-4-9-8(5)6(7)3-1/h3,5-6H,2,4H2,1H3,(H2,9,10);1-4H. The molecule has 0 spiro atoms. The van der Waals surface area contributed by atoms with Gasteiger partial charge in [0.25, 0.3) is 0 Å². The number of pyridine rings is 1. The van der Waals surface area contributed by atoms with Crippen LogP contribution in [-0.2, 0) is 6.42 Å². The SMILES string of the molecule is CCCc1cccc(N)n1.c1cc2c3csc2c3c1. The van der Waals surface area contributed by atoms with Gasteiger partial charge in [-0.2, -0.15) is 0 Å². The number of nitrogens with zero attached hydrogens (tertiary/aromatic N) is 1. The maximum Gasteiger partial charge on any atom is 0.123 e. The molecular formula is C16H16N2S. The van der Waals surface area contributed by atoms with E-state index < -0.39 is 0 Å². The third-order valence-electron chi connectivity index (χ3n) is 3.22. The number of hydrogen-bond donors (Lipinski definition) is 1. The normalized spacial score (nSPS) is 11.0. The Morgan fingerprint density at radius 2 is 1.79 bits per heavy atom. The highest BCUT2D eigenvalue weighted by molar-refractivity contribution is 7.21. The summed E-state index contributed by atoms with van der Waals surface area (Å²) >= 11 is 1.86. The molecule has 0 unspecified atom stereocenters.